The van der Waals surface area contributed by atoms with Gasteiger partial charge in [-0.05, 0) is 31.4 Å². The Hall–Kier alpha value is -1.75. The van der Waals surface area contributed by atoms with E-state index in [2.05, 4.69) is 0 Å². The molecule has 0 saturated heterocycles. The monoisotopic (exact) mass is 253 g/mol. The van der Waals surface area contributed by atoms with Crippen LogP contribution >= 0.6 is 0 Å². The third-order valence-corrected chi connectivity index (χ3v) is 2.54. The molecule has 5 nitrogen and oxygen atoms in total. The number of ether oxygens (including phenoxy) is 2. The molecule has 0 amide bonds. The highest BCUT2D eigenvalue weighted by Crippen LogP contribution is 2.25. The Morgan fingerprint density at radius 3 is 2.78 bits per heavy atom. The number of para-hydroxylation sites is 1. The molecular formula is C13H19NO4. The number of aliphatic hydroxyl groups excluding tert-OH is 1. The third kappa shape index (κ3) is 3.92. The number of hydrogen-bond donors (Lipinski definition) is 2. The molecule has 0 aliphatic carbocycles. The summed E-state index contributed by atoms with van der Waals surface area (Å²) in [6.07, 6.45) is 2.28. The standard InChI is InChI=1S/C13H19NO4/c1-17-11-7-5-6-10(12(11)14)13(16)18-9-4-2-3-8-15/h5-7,15H,2-4,8-9,14H2,1H3. The normalized spacial score (nSPS) is 10.1. The van der Waals surface area contributed by atoms with Crippen molar-refractivity contribution in [1.29, 1.82) is 0 Å². The topological polar surface area (TPSA) is 81.8 Å². The molecule has 0 fully saturated rings. The van der Waals surface area contributed by atoms with Gasteiger partial charge in [-0.2, -0.15) is 0 Å². The van der Waals surface area contributed by atoms with E-state index < -0.39 is 5.97 Å². The van der Waals surface area contributed by atoms with E-state index in [9.17, 15) is 4.79 Å². The number of methoxy groups -OCH3 is 1. The van der Waals surface area contributed by atoms with Crippen LogP contribution in [0.5, 0.6) is 5.75 Å². The lowest BCUT2D eigenvalue weighted by Gasteiger charge is -2.09. The molecule has 100 valence electrons. The molecule has 3 N–H and O–H groups in total. The maximum atomic E-state index is 11.8. The molecule has 1 rings (SSSR count). The molecule has 18 heavy (non-hydrogen) atoms. The summed E-state index contributed by atoms with van der Waals surface area (Å²) in [5, 5.41) is 8.61. The molecule has 0 saturated carbocycles. The maximum Gasteiger partial charge on any atom is 0.340 e. The minimum absolute atomic E-state index is 0.163. The number of aliphatic hydroxyl groups is 1. The van der Waals surface area contributed by atoms with Crippen LogP contribution in [0.1, 0.15) is 29.6 Å². The Bertz CT molecular complexity index is 393. The zero-order valence-corrected chi connectivity index (χ0v) is 10.5. The van der Waals surface area contributed by atoms with Gasteiger partial charge < -0.3 is 20.3 Å². The van der Waals surface area contributed by atoms with Crippen molar-refractivity contribution in [3.05, 3.63) is 23.8 Å². The summed E-state index contributed by atoms with van der Waals surface area (Å²) in [4.78, 5) is 11.8. The van der Waals surface area contributed by atoms with Crippen LogP contribution in [-0.2, 0) is 4.74 Å². The van der Waals surface area contributed by atoms with E-state index in [-0.39, 0.29) is 6.61 Å². The number of nitrogen functional groups attached to an aromatic ring is 1. The lowest BCUT2D eigenvalue weighted by Crippen LogP contribution is -2.10. The molecule has 0 spiro atoms. The van der Waals surface area contributed by atoms with Crippen molar-refractivity contribution in [3.8, 4) is 5.75 Å². The lowest BCUT2D eigenvalue weighted by molar-refractivity contribution is 0.0497. The third-order valence-electron chi connectivity index (χ3n) is 2.54. The van der Waals surface area contributed by atoms with Gasteiger partial charge in [0.05, 0.1) is 25.0 Å². The lowest BCUT2D eigenvalue weighted by atomic mass is 10.1. The Morgan fingerprint density at radius 1 is 1.33 bits per heavy atom. The quantitative estimate of drug-likeness (QED) is 0.438. The van der Waals surface area contributed by atoms with E-state index in [0.29, 0.717) is 23.6 Å². The van der Waals surface area contributed by atoms with Crippen molar-refractivity contribution in [2.45, 2.75) is 19.3 Å². The van der Waals surface area contributed by atoms with Gasteiger partial charge >= 0.3 is 5.97 Å². The molecular weight excluding hydrogens is 234 g/mol. The molecule has 0 bridgehead atoms. The molecule has 0 unspecified atom stereocenters. The summed E-state index contributed by atoms with van der Waals surface area (Å²) in [7, 11) is 1.50. The number of carbonyl (C=O) groups is 1. The second-order valence-corrected chi connectivity index (χ2v) is 3.84. The molecule has 0 heterocycles. The van der Waals surface area contributed by atoms with Gasteiger partial charge in [-0.15, -0.1) is 0 Å². The first kappa shape index (κ1) is 14.3. The van der Waals surface area contributed by atoms with Gasteiger partial charge in [0, 0.05) is 6.61 Å². The number of anilines is 1. The van der Waals surface area contributed by atoms with Gasteiger partial charge in [0.25, 0.3) is 0 Å². The average Bonchev–Trinajstić information content (AvgIpc) is 2.38. The number of esters is 1. The predicted molar refractivity (Wildman–Crippen MR) is 68.6 cm³/mol. The highest BCUT2D eigenvalue weighted by atomic mass is 16.5. The molecule has 0 radical (unpaired) electrons. The van der Waals surface area contributed by atoms with Crippen molar-refractivity contribution in [1.82, 2.24) is 0 Å². The minimum atomic E-state index is -0.449. The van der Waals surface area contributed by atoms with Gasteiger partial charge in [-0.1, -0.05) is 6.07 Å². The number of carbonyl (C=O) groups excluding carboxylic acids is 1. The van der Waals surface area contributed by atoms with Crippen LogP contribution in [0.3, 0.4) is 0 Å². The van der Waals surface area contributed by atoms with Crippen LogP contribution in [-0.4, -0.2) is 31.4 Å². The summed E-state index contributed by atoms with van der Waals surface area (Å²) >= 11 is 0. The van der Waals surface area contributed by atoms with Gasteiger partial charge in [0.1, 0.15) is 5.75 Å². The first-order chi connectivity index (χ1) is 8.70. The zero-order chi connectivity index (χ0) is 13.4. The largest absolute Gasteiger partial charge is 0.495 e. The molecule has 5 heteroatoms. The molecule has 0 aromatic heterocycles. The Kier molecular flexibility index (Phi) is 6.00. The van der Waals surface area contributed by atoms with Gasteiger partial charge in [-0.25, -0.2) is 4.79 Å². The van der Waals surface area contributed by atoms with Crippen molar-refractivity contribution < 1.29 is 19.4 Å². The first-order valence-corrected chi connectivity index (χ1v) is 5.91. The van der Waals surface area contributed by atoms with Crippen molar-refractivity contribution in [3.63, 3.8) is 0 Å². The molecule has 0 atom stereocenters. The Balaban J connectivity index is 2.51. The van der Waals surface area contributed by atoms with E-state index in [1.54, 1.807) is 18.2 Å². The summed E-state index contributed by atoms with van der Waals surface area (Å²) in [6, 6.07) is 4.98. The van der Waals surface area contributed by atoms with Crippen LogP contribution in [0.2, 0.25) is 0 Å². The number of benzene rings is 1. The second kappa shape index (κ2) is 7.55. The number of nitrogens with two attached hydrogens (primary N) is 1. The van der Waals surface area contributed by atoms with E-state index in [4.69, 9.17) is 20.3 Å². The number of rotatable bonds is 7. The van der Waals surface area contributed by atoms with Crippen LogP contribution in [0, 0.1) is 0 Å². The maximum absolute atomic E-state index is 11.8. The van der Waals surface area contributed by atoms with Crippen molar-refractivity contribution in [2.75, 3.05) is 26.1 Å². The van der Waals surface area contributed by atoms with E-state index >= 15 is 0 Å². The fraction of sp³-hybridized carbons (Fsp3) is 0.462. The highest BCUT2D eigenvalue weighted by molar-refractivity contribution is 5.96. The van der Waals surface area contributed by atoms with E-state index in [1.165, 1.54) is 7.11 Å². The van der Waals surface area contributed by atoms with E-state index in [1.807, 2.05) is 0 Å². The zero-order valence-electron chi connectivity index (χ0n) is 10.5. The van der Waals surface area contributed by atoms with Gasteiger partial charge in [-0.3, -0.25) is 0 Å². The number of hydrogen-bond acceptors (Lipinski definition) is 5. The fourth-order valence-electron chi connectivity index (χ4n) is 1.53. The van der Waals surface area contributed by atoms with Gasteiger partial charge in [0.15, 0.2) is 0 Å². The fourth-order valence-corrected chi connectivity index (χ4v) is 1.53. The summed E-state index contributed by atoms with van der Waals surface area (Å²) in [6.45, 7) is 0.492. The van der Waals surface area contributed by atoms with Crippen LogP contribution in [0.4, 0.5) is 5.69 Å². The smallest absolute Gasteiger partial charge is 0.340 e. The summed E-state index contributed by atoms with van der Waals surface area (Å²) < 4.78 is 10.1. The van der Waals surface area contributed by atoms with Crippen molar-refractivity contribution in [2.24, 2.45) is 0 Å². The summed E-state index contributed by atoms with van der Waals surface area (Å²) in [5.41, 5.74) is 6.40. The van der Waals surface area contributed by atoms with Crippen molar-refractivity contribution >= 4 is 11.7 Å². The highest BCUT2D eigenvalue weighted by Gasteiger charge is 2.13. The first-order valence-electron chi connectivity index (χ1n) is 5.91. The molecule has 1 aromatic rings. The molecule has 0 aliphatic rings. The predicted octanol–water partition coefficient (Wildman–Crippen LogP) is 1.60. The SMILES string of the molecule is COc1cccc(C(=O)OCCCCCO)c1N. The van der Waals surface area contributed by atoms with Crippen LogP contribution < -0.4 is 10.5 Å². The second-order valence-electron chi connectivity index (χ2n) is 3.84. The molecule has 0 aliphatic heterocycles. The minimum Gasteiger partial charge on any atom is -0.495 e. The van der Waals surface area contributed by atoms with Crippen LogP contribution in [0.25, 0.3) is 0 Å². The summed E-state index contributed by atoms with van der Waals surface area (Å²) in [5.74, 6) is 0.0140. The molecule has 1 aromatic carbocycles. The van der Waals surface area contributed by atoms with Crippen LogP contribution in [0.15, 0.2) is 18.2 Å². The van der Waals surface area contributed by atoms with Gasteiger partial charge in [0.2, 0.25) is 0 Å². The number of unbranched alkanes of at least 4 members (excludes halogenated alkanes) is 2. The van der Waals surface area contributed by atoms with E-state index in [0.717, 1.165) is 19.3 Å². The average molecular weight is 253 g/mol. The Labute approximate surface area is 107 Å². The Morgan fingerprint density at radius 2 is 2.11 bits per heavy atom.